The van der Waals surface area contributed by atoms with Crippen LogP contribution in [-0.4, -0.2) is 50.5 Å². The molecular weight excluding hydrogens is 383 g/mol. The van der Waals surface area contributed by atoms with E-state index in [0.29, 0.717) is 37.4 Å². The number of rotatable bonds is 11. The fourth-order valence-corrected chi connectivity index (χ4v) is 3.25. The van der Waals surface area contributed by atoms with Gasteiger partial charge in [0.25, 0.3) is 0 Å². The summed E-state index contributed by atoms with van der Waals surface area (Å²) in [6.07, 6.45) is 1.56. The van der Waals surface area contributed by atoms with E-state index < -0.39 is 18.1 Å². The summed E-state index contributed by atoms with van der Waals surface area (Å²) in [6.45, 7) is 7.81. The van der Waals surface area contributed by atoms with E-state index in [4.69, 9.17) is 2.74 Å². The summed E-state index contributed by atoms with van der Waals surface area (Å²) in [4.78, 5) is 2.05. The van der Waals surface area contributed by atoms with Gasteiger partial charge in [-0.3, -0.25) is 0 Å². The van der Waals surface area contributed by atoms with Crippen LogP contribution >= 0.6 is 0 Å². The van der Waals surface area contributed by atoms with Gasteiger partial charge < -0.3 is 10.2 Å². The molecule has 0 spiro atoms. The van der Waals surface area contributed by atoms with Crippen molar-refractivity contribution in [2.24, 2.45) is 5.89 Å². The molecule has 1 aromatic carbocycles. The van der Waals surface area contributed by atoms with Gasteiger partial charge in [0, 0.05) is 35.1 Å². The second-order valence-electron chi connectivity index (χ2n) is 7.23. The predicted octanol–water partition coefficient (Wildman–Crippen LogP) is 3.00. The fraction of sp³-hybridized carbons (Fsp3) is 0.476. The number of H-pyrrole nitrogens is 1. The van der Waals surface area contributed by atoms with Gasteiger partial charge >= 0.3 is 0 Å². The fourth-order valence-electron chi connectivity index (χ4n) is 3.25. The molecule has 9 heteroatoms. The first kappa shape index (κ1) is 19.0. The highest BCUT2D eigenvalue weighted by Crippen LogP contribution is 2.33. The number of hydrogen-bond donors (Lipinski definition) is 2. The average Bonchev–Trinajstić information content (AvgIpc) is 3.29. The first-order valence-electron chi connectivity index (χ1n) is 11.1. The summed E-state index contributed by atoms with van der Waals surface area (Å²) in [5, 5.41) is 25.2. The van der Waals surface area contributed by atoms with Crippen molar-refractivity contribution in [2.75, 3.05) is 24.5 Å². The van der Waals surface area contributed by atoms with Crippen molar-refractivity contribution in [3.05, 3.63) is 47.5 Å². The predicted molar refractivity (Wildman–Crippen MR) is 114 cm³/mol. The van der Waals surface area contributed by atoms with Gasteiger partial charge in [0.2, 0.25) is 5.82 Å². The molecule has 3 aromatic rings. The number of nitrogens with zero attached hydrogens (tertiary/aromatic N) is 6. The molecule has 0 fully saturated rings. The number of halogens is 1. The standard InChI is InChI=1S/C21H29FN8/c1-4-9-30(10-8-23-14-17-6-5-7-24-25-17)19-13-16(11-15(2)3)12-18(22)20(19)21-26-28-29-27-21/h5-7,12-13,15,23H,4,8-11,14H2,1-3H3,(H,26,27,28,29)/i11D,15D. The van der Waals surface area contributed by atoms with Gasteiger partial charge in [-0.2, -0.15) is 15.4 Å². The van der Waals surface area contributed by atoms with E-state index in [1.807, 2.05) is 17.0 Å². The Bertz CT molecular complexity index is 979. The lowest BCUT2D eigenvalue weighted by Gasteiger charge is -2.27. The van der Waals surface area contributed by atoms with Gasteiger partial charge in [-0.1, -0.05) is 20.8 Å². The van der Waals surface area contributed by atoms with Crippen LogP contribution < -0.4 is 10.2 Å². The molecule has 2 heterocycles. The number of tetrazole rings is 1. The molecule has 1 atom stereocenters. The molecule has 3 rings (SSSR count). The van der Waals surface area contributed by atoms with Crippen LogP contribution in [0, 0.1) is 11.7 Å². The summed E-state index contributed by atoms with van der Waals surface area (Å²) >= 11 is 0. The van der Waals surface area contributed by atoms with Crippen molar-refractivity contribution in [3.63, 3.8) is 0 Å². The van der Waals surface area contributed by atoms with Crippen LogP contribution in [0.2, 0.25) is 0 Å². The molecule has 1 unspecified atom stereocenters. The van der Waals surface area contributed by atoms with Crippen molar-refractivity contribution in [1.29, 1.82) is 0 Å². The molecule has 0 amide bonds. The second kappa shape index (κ2) is 10.7. The smallest absolute Gasteiger partial charge is 0.209 e. The minimum Gasteiger partial charge on any atom is -0.370 e. The lowest BCUT2D eigenvalue weighted by molar-refractivity contribution is 0.609. The van der Waals surface area contributed by atoms with Gasteiger partial charge in [-0.05, 0) is 53.8 Å². The maximum atomic E-state index is 15.3. The van der Waals surface area contributed by atoms with Crippen molar-refractivity contribution in [1.82, 2.24) is 36.1 Å². The number of aromatic nitrogens is 6. The number of nitrogens with one attached hydrogen (secondary N) is 2. The van der Waals surface area contributed by atoms with Gasteiger partial charge in [0.15, 0.2) is 0 Å². The normalized spacial score (nSPS) is 13.6. The summed E-state index contributed by atoms with van der Waals surface area (Å²) in [5.74, 6) is -1.45. The number of hydrogen-bond acceptors (Lipinski definition) is 7. The highest BCUT2D eigenvalue weighted by atomic mass is 19.1. The molecule has 0 saturated heterocycles. The van der Waals surface area contributed by atoms with Gasteiger partial charge in [-0.25, -0.2) is 4.39 Å². The first-order chi connectivity index (χ1) is 15.3. The molecule has 160 valence electrons. The van der Waals surface area contributed by atoms with Gasteiger partial charge in [0.1, 0.15) is 5.82 Å². The summed E-state index contributed by atoms with van der Waals surface area (Å²) < 4.78 is 32.0. The highest BCUT2D eigenvalue weighted by Gasteiger charge is 2.21. The third-order valence-electron chi connectivity index (χ3n) is 4.44. The van der Waals surface area contributed by atoms with Crippen LogP contribution in [0.5, 0.6) is 0 Å². The van der Waals surface area contributed by atoms with Crippen LogP contribution in [0.1, 0.15) is 41.2 Å². The van der Waals surface area contributed by atoms with E-state index in [-0.39, 0.29) is 11.4 Å². The van der Waals surface area contributed by atoms with Gasteiger partial charge in [-0.15, -0.1) is 10.2 Å². The molecule has 0 aliphatic rings. The van der Waals surface area contributed by atoms with E-state index in [1.165, 1.54) is 6.07 Å². The molecule has 0 bridgehead atoms. The number of aromatic amines is 1. The topological polar surface area (TPSA) is 95.5 Å². The van der Waals surface area contributed by atoms with E-state index in [0.717, 1.165) is 12.1 Å². The highest BCUT2D eigenvalue weighted by molar-refractivity contribution is 5.75. The Morgan fingerprint density at radius 2 is 2.17 bits per heavy atom. The zero-order chi connectivity index (χ0) is 23.1. The Hall–Kier alpha value is -2.94. The largest absolute Gasteiger partial charge is 0.370 e. The zero-order valence-corrected chi connectivity index (χ0v) is 17.6. The van der Waals surface area contributed by atoms with Crippen LogP contribution in [0.25, 0.3) is 11.4 Å². The number of anilines is 1. The molecule has 2 aromatic heterocycles. The summed E-state index contributed by atoms with van der Waals surface area (Å²) in [7, 11) is 0. The molecule has 0 aliphatic heterocycles. The van der Waals surface area contributed by atoms with E-state index in [9.17, 15) is 0 Å². The third-order valence-corrected chi connectivity index (χ3v) is 4.44. The van der Waals surface area contributed by atoms with Crippen molar-refractivity contribution < 1.29 is 7.13 Å². The molecule has 0 radical (unpaired) electrons. The molecule has 8 nitrogen and oxygen atoms in total. The summed E-state index contributed by atoms with van der Waals surface area (Å²) in [6, 6.07) is 6.82. The van der Waals surface area contributed by atoms with Crippen molar-refractivity contribution in [2.45, 2.75) is 40.1 Å². The molecule has 30 heavy (non-hydrogen) atoms. The Labute approximate surface area is 179 Å². The van der Waals surface area contributed by atoms with E-state index in [2.05, 4.69) is 43.1 Å². The minimum atomic E-state index is -1.08. The van der Waals surface area contributed by atoms with Crippen LogP contribution in [0.3, 0.4) is 0 Å². The van der Waals surface area contributed by atoms with Crippen LogP contribution in [0.15, 0.2) is 30.5 Å². The second-order valence-corrected chi connectivity index (χ2v) is 7.23. The van der Waals surface area contributed by atoms with Gasteiger partial charge in [0.05, 0.1) is 16.9 Å². The number of benzene rings is 1. The van der Waals surface area contributed by atoms with Crippen LogP contribution in [-0.2, 0) is 12.9 Å². The molecule has 2 N–H and O–H groups in total. The van der Waals surface area contributed by atoms with Crippen molar-refractivity contribution in [3.8, 4) is 11.4 Å². The maximum absolute atomic E-state index is 15.3. The monoisotopic (exact) mass is 414 g/mol. The first-order valence-corrected chi connectivity index (χ1v) is 10.0. The maximum Gasteiger partial charge on any atom is 0.209 e. The quantitative estimate of drug-likeness (QED) is 0.466. The Morgan fingerprint density at radius 3 is 2.83 bits per heavy atom. The average molecular weight is 415 g/mol. The van der Waals surface area contributed by atoms with Crippen molar-refractivity contribution >= 4 is 5.69 Å². The zero-order valence-electron chi connectivity index (χ0n) is 19.6. The molecular formula is C21H29FN8. The molecule has 0 saturated carbocycles. The van der Waals surface area contributed by atoms with E-state index in [1.54, 1.807) is 26.1 Å². The third kappa shape index (κ3) is 5.79. The Kier molecular flexibility index (Phi) is 6.81. The lowest BCUT2D eigenvalue weighted by atomic mass is 9.99. The minimum absolute atomic E-state index is 0.157. The Balaban J connectivity index is 1.89. The Morgan fingerprint density at radius 1 is 1.30 bits per heavy atom. The van der Waals surface area contributed by atoms with Crippen LogP contribution in [0.4, 0.5) is 10.1 Å². The SMILES string of the molecule is [2H]C(c1cc(F)c(-c2nn[nH]n2)c(N(CCC)CCNCc2cccnn2)c1)C([2H])(C)C. The summed E-state index contributed by atoms with van der Waals surface area (Å²) in [5.41, 5.74) is 2.11. The lowest BCUT2D eigenvalue weighted by Crippen LogP contribution is -2.33. The molecule has 0 aliphatic carbocycles. The van der Waals surface area contributed by atoms with E-state index >= 15 is 4.39 Å².